The van der Waals surface area contributed by atoms with Crippen LogP contribution in [-0.4, -0.2) is 46.3 Å². The van der Waals surface area contributed by atoms with Crippen molar-refractivity contribution in [2.75, 3.05) is 18.0 Å². The molecule has 3 aliphatic heterocycles. The van der Waals surface area contributed by atoms with Gasteiger partial charge in [0, 0.05) is 25.9 Å². The molecule has 184 valence electrons. The van der Waals surface area contributed by atoms with Gasteiger partial charge in [0.05, 0.1) is 17.3 Å². The summed E-state index contributed by atoms with van der Waals surface area (Å²) in [5.74, 6) is 0.134. The van der Waals surface area contributed by atoms with Crippen LogP contribution in [0.2, 0.25) is 0 Å². The summed E-state index contributed by atoms with van der Waals surface area (Å²) in [6.07, 6.45) is 3.95. The number of hydrogen-bond donors (Lipinski definition) is 0. The van der Waals surface area contributed by atoms with Crippen LogP contribution in [0.25, 0.3) is 10.8 Å². The largest absolute Gasteiger partial charge is 0.336 e. The lowest BCUT2D eigenvalue weighted by atomic mass is 9.96. The zero-order chi connectivity index (χ0) is 24.9. The Balaban J connectivity index is 1.18. The molecule has 36 heavy (non-hydrogen) atoms. The molecule has 6 nitrogen and oxygen atoms in total. The van der Waals surface area contributed by atoms with E-state index in [9.17, 15) is 14.4 Å². The van der Waals surface area contributed by atoms with Crippen LogP contribution in [0.1, 0.15) is 67.4 Å². The second kappa shape index (κ2) is 8.77. The van der Waals surface area contributed by atoms with Crippen LogP contribution in [-0.2, 0) is 9.59 Å². The molecule has 0 aliphatic carbocycles. The van der Waals surface area contributed by atoms with Gasteiger partial charge in [-0.05, 0) is 61.1 Å². The normalized spacial score (nSPS) is 23.4. The van der Waals surface area contributed by atoms with E-state index >= 15 is 0 Å². The van der Waals surface area contributed by atoms with Crippen molar-refractivity contribution in [2.24, 2.45) is 0 Å². The molecular formula is C30H31N3O3. The molecule has 0 radical (unpaired) electrons. The molecule has 0 bridgehead atoms. The molecule has 0 spiro atoms. The third-order valence-corrected chi connectivity index (χ3v) is 8.27. The standard InChI is InChI=1S/C30H31N3O3/c1-30-18-17-28(35)33(30)26-14-5-4-12-24(26)29(36)32(30)20-8-16-27(34)31-19-7-15-25(31)23-13-6-10-21-9-2-3-11-22(21)23/h2-6,9-14,25H,7-8,15-20H2,1H3. The number of amides is 3. The van der Waals surface area contributed by atoms with Gasteiger partial charge < -0.3 is 9.80 Å². The van der Waals surface area contributed by atoms with Crippen molar-refractivity contribution in [2.45, 2.75) is 57.2 Å². The number of anilines is 1. The van der Waals surface area contributed by atoms with E-state index in [4.69, 9.17) is 0 Å². The Morgan fingerprint density at radius 2 is 1.78 bits per heavy atom. The highest BCUT2D eigenvalue weighted by molar-refractivity contribution is 6.10. The third-order valence-electron chi connectivity index (χ3n) is 8.27. The van der Waals surface area contributed by atoms with Gasteiger partial charge in [0.15, 0.2) is 0 Å². The maximum atomic E-state index is 13.5. The lowest BCUT2D eigenvalue weighted by Gasteiger charge is -2.48. The molecule has 0 saturated carbocycles. The topological polar surface area (TPSA) is 60.9 Å². The van der Waals surface area contributed by atoms with Gasteiger partial charge in [0.1, 0.15) is 5.66 Å². The predicted molar refractivity (Wildman–Crippen MR) is 139 cm³/mol. The molecule has 3 aromatic rings. The number of benzene rings is 3. The molecule has 2 saturated heterocycles. The minimum atomic E-state index is -0.676. The second-order valence-electron chi connectivity index (χ2n) is 10.3. The first kappa shape index (κ1) is 22.8. The zero-order valence-electron chi connectivity index (χ0n) is 20.7. The first-order valence-corrected chi connectivity index (χ1v) is 13.0. The molecule has 3 aliphatic rings. The fraction of sp³-hybridized carbons (Fsp3) is 0.367. The Morgan fingerprint density at radius 3 is 2.67 bits per heavy atom. The van der Waals surface area contributed by atoms with Gasteiger partial charge in [-0.15, -0.1) is 0 Å². The molecule has 3 aromatic carbocycles. The maximum absolute atomic E-state index is 13.5. The zero-order valence-corrected chi connectivity index (χ0v) is 20.7. The Morgan fingerprint density at radius 1 is 1.00 bits per heavy atom. The van der Waals surface area contributed by atoms with Crippen molar-refractivity contribution in [1.29, 1.82) is 0 Å². The Bertz CT molecular complexity index is 1360. The first-order chi connectivity index (χ1) is 17.5. The monoisotopic (exact) mass is 481 g/mol. The lowest BCUT2D eigenvalue weighted by Crippen LogP contribution is -2.62. The molecule has 0 aromatic heterocycles. The van der Waals surface area contributed by atoms with Gasteiger partial charge >= 0.3 is 0 Å². The minimum absolute atomic E-state index is 0.0496. The van der Waals surface area contributed by atoms with Gasteiger partial charge in [-0.2, -0.15) is 0 Å². The fourth-order valence-electron chi connectivity index (χ4n) is 6.50. The van der Waals surface area contributed by atoms with Gasteiger partial charge in [-0.1, -0.05) is 54.6 Å². The molecule has 6 heteroatoms. The van der Waals surface area contributed by atoms with Crippen LogP contribution in [0.4, 0.5) is 5.69 Å². The van der Waals surface area contributed by atoms with E-state index in [1.807, 2.05) is 41.0 Å². The van der Waals surface area contributed by atoms with Crippen LogP contribution in [0.5, 0.6) is 0 Å². The van der Waals surface area contributed by atoms with Crippen LogP contribution < -0.4 is 4.90 Å². The number of likely N-dealkylation sites (tertiary alicyclic amines) is 1. The number of rotatable bonds is 5. The minimum Gasteiger partial charge on any atom is -0.336 e. The number of hydrogen-bond acceptors (Lipinski definition) is 3. The number of nitrogens with zero attached hydrogens (tertiary/aromatic N) is 3. The van der Waals surface area contributed by atoms with Crippen LogP contribution in [0, 0.1) is 0 Å². The number of carbonyl (C=O) groups excluding carboxylic acids is 3. The molecule has 0 N–H and O–H groups in total. The van der Waals surface area contributed by atoms with Gasteiger partial charge in [-0.3, -0.25) is 19.3 Å². The Hall–Kier alpha value is -3.67. The average Bonchev–Trinajstić information content (AvgIpc) is 3.50. The average molecular weight is 482 g/mol. The predicted octanol–water partition coefficient (Wildman–Crippen LogP) is 5.28. The summed E-state index contributed by atoms with van der Waals surface area (Å²) in [4.78, 5) is 45.3. The van der Waals surface area contributed by atoms with E-state index in [0.29, 0.717) is 43.5 Å². The molecule has 2 fully saturated rings. The third kappa shape index (κ3) is 3.50. The Kier molecular flexibility index (Phi) is 5.55. The highest BCUT2D eigenvalue weighted by Crippen LogP contribution is 2.44. The van der Waals surface area contributed by atoms with E-state index in [-0.39, 0.29) is 23.8 Å². The highest BCUT2D eigenvalue weighted by atomic mass is 16.2. The van der Waals surface area contributed by atoms with E-state index in [1.165, 1.54) is 16.3 Å². The van der Waals surface area contributed by atoms with Gasteiger partial charge in [0.25, 0.3) is 5.91 Å². The molecule has 2 unspecified atom stereocenters. The fourth-order valence-corrected chi connectivity index (χ4v) is 6.50. The van der Waals surface area contributed by atoms with Crippen molar-refractivity contribution < 1.29 is 14.4 Å². The lowest BCUT2D eigenvalue weighted by molar-refractivity contribution is -0.132. The number of para-hydroxylation sites is 1. The van der Waals surface area contributed by atoms with Crippen LogP contribution >= 0.6 is 0 Å². The highest BCUT2D eigenvalue weighted by Gasteiger charge is 2.52. The second-order valence-corrected chi connectivity index (χ2v) is 10.3. The summed E-state index contributed by atoms with van der Waals surface area (Å²) in [5.41, 5.74) is 1.81. The van der Waals surface area contributed by atoms with Crippen molar-refractivity contribution in [3.05, 3.63) is 77.9 Å². The number of fused-ring (bicyclic) bond motifs is 4. The van der Waals surface area contributed by atoms with Crippen molar-refractivity contribution in [1.82, 2.24) is 9.80 Å². The van der Waals surface area contributed by atoms with Crippen LogP contribution in [0.3, 0.4) is 0 Å². The quantitative estimate of drug-likeness (QED) is 0.498. The van der Waals surface area contributed by atoms with E-state index in [0.717, 1.165) is 19.4 Å². The summed E-state index contributed by atoms with van der Waals surface area (Å²) in [6, 6.07) is 22.1. The molecule has 3 amide bonds. The van der Waals surface area contributed by atoms with E-state index in [2.05, 4.69) is 36.4 Å². The molecular weight excluding hydrogens is 450 g/mol. The summed E-state index contributed by atoms with van der Waals surface area (Å²) in [6.45, 7) is 3.19. The van der Waals surface area contributed by atoms with Crippen molar-refractivity contribution in [3.8, 4) is 0 Å². The van der Waals surface area contributed by atoms with Crippen LogP contribution in [0.15, 0.2) is 66.7 Å². The number of carbonyl (C=O) groups is 3. The van der Waals surface area contributed by atoms with Gasteiger partial charge in [0.2, 0.25) is 11.8 Å². The van der Waals surface area contributed by atoms with Crippen molar-refractivity contribution in [3.63, 3.8) is 0 Å². The Labute approximate surface area is 211 Å². The van der Waals surface area contributed by atoms with E-state index < -0.39 is 5.66 Å². The van der Waals surface area contributed by atoms with Gasteiger partial charge in [-0.25, -0.2) is 0 Å². The SMILES string of the molecule is CC12CCC(=O)N1c1ccccc1C(=O)N2CCCC(=O)N1CCCC1c1cccc2ccccc12. The summed E-state index contributed by atoms with van der Waals surface area (Å²) < 4.78 is 0. The molecule has 2 atom stereocenters. The van der Waals surface area contributed by atoms with E-state index in [1.54, 1.807) is 11.0 Å². The first-order valence-electron chi connectivity index (χ1n) is 13.0. The summed E-state index contributed by atoms with van der Waals surface area (Å²) >= 11 is 0. The summed E-state index contributed by atoms with van der Waals surface area (Å²) in [7, 11) is 0. The smallest absolute Gasteiger partial charge is 0.257 e. The summed E-state index contributed by atoms with van der Waals surface area (Å²) in [5, 5.41) is 2.41. The molecule has 6 rings (SSSR count). The maximum Gasteiger partial charge on any atom is 0.257 e. The van der Waals surface area contributed by atoms with Crippen molar-refractivity contribution >= 4 is 34.2 Å². The molecule has 3 heterocycles.